The molecule has 0 saturated heterocycles. The minimum Gasteiger partial charge on any atom is -0.338 e. The maximum absolute atomic E-state index is 12.5. The van der Waals surface area contributed by atoms with Crippen LogP contribution in [0.15, 0.2) is 70.1 Å². The van der Waals surface area contributed by atoms with E-state index in [4.69, 9.17) is 4.52 Å². The molecular formula is C19H15N5O3. The molecule has 0 fully saturated rings. The fourth-order valence-electron chi connectivity index (χ4n) is 2.67. The second-order valence-corrected chi connectivity index (χ2v) is 5.85. The fourth-order valence-corrected chi connectivity index (χ4v) is 2.67. The first-order valence-corrected chi connectivity index (χ1v) is 8.17. The molecule has 2 aromatic heterocycles. The molecule has 2 N–H and O–H groups in total. The number of hydrogen-bond donors (Lipinski definition) is 2. The Kier molecular flexibility index (Phi) is 4.13. The molecule has 0 radical (unpaired) electrons. The van der Waals surface area contributed by atoms with Gasteiger partial charge in [-0.2, -0.15) is 0 Å². The summed E-state index contributed by atoms with van der Waals surface area (Å²) >= 11 is 0. The zero-order chi connectivity index (χ0) is 18.8. The van der Waals surface area contributed by atoms with Gasteiger partial charge in [-0.15, -0.1) is 0 Å². The Hall–Kier alpha value is -3.94. The van der Waals surface area contributed by atoms with E-state index in [1.807, 2.05) is 24.3 Å². The maximum atomic E-state index is 12.5. The summed E-state index contributed by atoms with van der Waals surface area (Å²) in [4.78, 5) is 29.0. The van der Waals surface area contributed by atoms with Crippen LogP contribution >= 0.6 is 0 Å². The molecular weight excluding hydrogens is 346 g/mol. The van der Waals surface area contributed by atoms with Crippen LogP contribution in [0.1, 0.15) is 10.4 Å². The quantitative estimate of drug-likeness (QED) is 0.579. The van der Waals surface area contributed by atoms with Gasteiger partial charge in [0.25, 0.3) is 11.5 Å². The standard InChI is InChI=1S/C19H15N5O3/c1-24-15-5-3-2-4-14(15)22-17(19(24)26)21-13-8-6-12(7-9-13)18(25)23-16-10-11-20-27-16/h2-11H,1H3,(H,21,22)(H,23,25). The number of amides is 1. The molecule has 2 heterocycles. The molecule has 1 amide bonds. The van der Waals surface area contributed by atoms with Crippen molar-refractivity contribution in [3.05, 3.63) is 76.7 Å². The normalized spacial score (nSPS) is 10.7. The lowest BCUT2D eigenvalue weighted by atomic mass is 10.2. The van der Waals surface area contributed by atoms with E-state index in [2.05, 4.69) is 20.8 Å². The van der Waals surface area contributed by atoms with Crippen molar-refractivity contribution in [2.24, 2.45) is 7.05 Å². The summed E-state index contributed by atoms with van der Waals surface area (Å²) < 4.78 is 6.39. The Balaban J connectivity index is 1.57. The van der Waals surface area contributed by atoms with Gasteiger partial charge in [0.2, 0.25) is 5.88 Å². The van der Waals surface area contributed by atoms with Crippen LogP contribution in [0.2, 0.25) is 0 Å². The molecule has 134 valence electrons. The molecule has 0 atom stereocenters. The Morgan fingerprint density at radius 2 is 1.85 bits per heavy atom. The average Bonchev–Trinajstić information content (AvgIpc) is 3.19. The molecule has 0 aliphatic carbocycles. The Morgan fingerprint density at radius 3 is 2.59 bits per heavy atom. The number of rotatable bonds is 4. The van der Waals surface area contributed by atoms with Gasteiger partial charge >= 0.3 is 0 Å². The van der Waals surface area contributed by atoms with Gasteiger partial charge in [0.1, 0.15) is 0 Å². The van der Waals surface area contributed by atoms with E-state index in [1.165, 1.54) is 6.20 Å². The smallest absolute Gasteiger partial charge is 0.293 e. The third kappa shape index (κ3) is 3.28. The highest BCUT2D eigenvalue weighted by atomic mass is 16.5. The summed E-state index contributed by atoms with van der Waals surface area (Å²) in [5.41, 5.74) is 2.32. The highest BCUT2D eigenvalue weighted by Crippen LogP contribution is 2.17. The van der Waals surface area contributed by atoms with E-state index in [9.17, 15) is 9.59 Å². The predicted octanol–water partition coefficient (Wildman–Crippen LogP) is 2.92. The van der Waals surface area contributed by atoms with Gasteiger partial charge in [0.05, 0.1) is 17.2 Å². The Labute approximate surface area is 153 Å². The summed E-state index contributed by atoms with van der Waals surface area (Å²) in [5, 5.41) is 9.13. The monoisotopic (exact) mass is 361 g/mol. The zero-order valence-electron chi connectivity index (χ0n) is 14.3. The predicted molar refractivity (Wildman–Crippen MR) is 101 cm³/mol. The summed E-state index contributed by atoms with van der Waals surface area (Å²) in [6, 6.07) is 15.6. The van der Waals surface area contributed by atoms with Gasteiger partial charge < -0.3 is 14.4 Å². The average molecular weight is 361 g/mol. The summed E-state index contributed by atoms with van der Waals surface area (Å²) in [5.74, 6) is 0.166. The molecule has 2 aromatic carbocycles. The Morgan fingerprint density at radius 1 is 1.07 bits per heavy atom. The topological polar surface area (TPSA) is 102 Å². The molecule has 8 nitrogen and oxygen atoms in total. The zero-order valence-corrected chi connectivity index (χ0v) is 14.3. The number of para-hydroxylation sites is 2. The summed E-state index contributed by atoms with van der Waals surface area (Å²) in [7, 11) is 1.70. The largest absolute Gasteiger partial charge is 0.338 e. The summed E-state index contributed by atoms with van der Waals surface area (Å²) in [6.45, 7) is 0. The van der Waals surface area contributed by atoms with Gasteiger partial charge in [-0.25, -0.2) is 4.98 Å². The first-order valence-electron chi connectivity index (χ1n) is 8.17. The van der Waals surface area contributed by atoms with Crippen LogP contribution < -0.4 is 16.2 Å². The van der Waals surface area contributed by atoms with E-state index in [1.54, 1.807) is 41.9 Å². The van der Waals surface area contributed by atoms with Crippen molar-refractivity contribution >= 4 is 34.3 Å². The molecule has 0 saturated carbocycles. The van der Waals surface area contributed by atoms with E-state index in [0.717, 1.165) is 5.52 Å². The van der Waals surface area contributed by atoms with Gasteiger partial charge in [-0.05, 0) is 36.4 Å². The van der Waals surface area contributed by atoms with Crippen molar-refractivity contribution in [2.45, 2.75) is 0 Å². The second kappa shape index (κ2) is 6.75. The number of benzene rings is 2. The van der Waals surface area contributed by atoms with Gasteiger partial charge in [0, 0.05) is 24.4 Å². The number of carbonyl (C=O) groups is 1. The number of aryl methyl sites for hydroxylation is 1. The highest BCUT2D eigenvalue weighted by Gasteiger charge is 2.10. The van der Waals surface area contributed by atoms with Gasteiger partial charge in [-0.1, -0.05) is 17.3 Å². The van der Waals surface area contributed by atoms with Crippen LogP contribution in [-0.2, 0) is 7.05 Å². The lowest BCUT2D eigenvalue weighted by Gasteiger charge is -2.10. The highest BCUT2D eigenvalue weighted by molar-refractivity contribution is 6.03. The molecule has 4 aromatic rings. The first kappa shape index (κ1) is 16.5. The van der Waals surface area contributed by atoms with Gasteiger partial charge in [-0.3, -0.25) is 14.9 Å². The lowest BCUT2D eigenvalue weighted by molar-refractivity contribution is 0.102. The van der Waals surface area contributed by atoms with Crippen molar-refractivity contribution in [3.8, 4) is 0 Å². The third-order valence-electron chi connectivity index (χ3n) is 4.07. The van der Waals surface area contributed by atoms with Crippen LogP contribution in [0.3, 0.4) is 0 Å². The minimum absolute atomic E-state index is 0.218. The SMILES string of the molecule is Cn1c(=O)c(Nc2ccc(C(=O)Nc3ccno3)cc2)nc2ccccc21. The maximum Gasteiger partial charge on any atom is 0.293 e. The van der Waals surface area contributed by atoms with Gasteiger partial charge in [0.15, 0.2) is 5.82 Å². The van der Waals surface area contributed by atoms with E-state index < -0.39 is 0 Å². The molecule has 4 rings (SSSR count). The van der Waals surface area contributed by atoms with Crippen molar-refractivity contribution in [1.29, 1.82) is 0 Å². The first-order chi connectivity index (χ1) is 13.1. The van der Waals surface area contributed by atoms with Crippen LogP contribution in [0.5, 0.6) is 0 Å². The fraction of sp³-hybridized carbons (Fsp3) is 0.0526. The molecule has 8 heteroatoms. The third-order valence-corrected chi connectivity index (χ3v) is 4.07. The molecule has 27 heavy (non-hydrogen) atoms. The number of carbonyl (C=O) groups excluding carboxylic acids is 1. The van der Waals surface area contributed by atoms with E-state index in [-0.39, 0.29) is 23.2 Å². The van der Waals surface area contributed by atoms with E-state index in [0.29, 0.717) is 16.8 Å². The second-order valence-electron chi connectivity index (χ2n) is 5.85. The molecule has 0 aliphatic rings. The van der Waals surface area contributed by atoms with Crippen molar-refractivity contribution in [3.63, 3.8) is 0 Å². The van der Waals surface area contributed by atoms with Crippen LogP contribution in [0.4, 0.5) is 17.4 Å². The number of aromatic nitrogens is 3. The summed E-state index contributed by atoms with van der Waals surface area (Å²) in [6.07, 6.45) is 1.44. The van der Waals surface area contributed by atoms with Crippen molar-refractivity contribution in [2.75, 3.05) is 10.6 Å². The molecule has 0 spiro atoms. The van der Waals surface area contributed by atoms with Crippen molar-refractivity contribution < 1.29 is 9.32 Å². The molecule has 0 aliphatic heterocycles. The molecule has 0 unspecified atom stereocenters. The minimum atomic E-state index is -0.321. The Bertz CT molecular complexity index is 1160. The van der Waals surface area contributed by atoms with Crippen molar-refractivity contribution in [1.82, 2.24) is 14.7 Å². The van der Waals surface area contributed by atoms with Crippen LogP contribution in [-0.4, -0.2) is 20.6 Å². The number of anilines is 3. The van der Waals surface area contributed by atoms with Crippen LogP contribution in [0.25, 0.3) is 11.0 Å². The lowest BCUT2D eigenvalue weighted by Crippen LogP contribution is -2.21. The number of nitrogens with zero attached hydrogens (tertiary/aromatic N) is 3. The van der Waals surface area contributed by atoms with Crippen LogP contribution in [0, 0.1) is 0 Å². The number of hydrogen-bond acceptors (Lipinski definition) is 6. The van der Waals surface area contributed by atoms with E-state index >= 15 is 0 Å². The number of fused-ring (bicyclic) bond motifs is 1. The number of nitrogens with one attached hydrogen (secondary N) is 2. The molecule has 0 bridgehead atoms.